The van der Waals surface area contributed by atoms with Gasteiger partial charge in [-0.05, 0) is 78.7 Å². The molecule has 0 radical (unpaired) electrons. The van der Waals surface area contributed by atoms with Crippen LogP contribution in [-0.4, -0.2) is 18.7 Å². The van der Waals surface area contributed by atoms with Crippen LogP contribution >= 0.6 is 15.9 Å². The Bertz CT molecular complexity index is 953. The lowest BCUT2D eigenvalue weighted by atomic mass is 10.2. The fraction of sp³-hybridized carbons (Fsp3) is 0.130. The molecule has 3 aromatic carbocycles. The molecule has 0 saturated carbocycles. The average molecular weight is 453 g/mol. The summed E-state index contributed by atoms with van der Waals surface area (Å²) in [6.07, 6.45) is 1.59. The molecule has 0 unspecified atom stereocenters. The molecule has 0 spiro atoms. The second-order valence-corrected chi connectivity index (χ2v) is 7.06. The second kappa shape index (κ2) is 10.4. The number of benzene rings is 3. The van der Waals surface area contributed by atoms with E-state index in [4.69, 9.17) is 9.47 Å². The summed E-state index contributed by atoms with van der Waals surface area (Å²) in [5.74, 6) is 1.22. The maximum absolute atomic E-state index is 12.1. The fourth-order valence-electron chi connectivity index (χ4n) is 2.50. The second-order valence-electron chi connectivity index (χ2n) is 6.14. The van der Waals surface area contributed by atoms with Crippen molar-refractivity contribution in [3.05, 3.63) is 94.0 Å². The molecule has 0 aliphatic rings. The molecule has 29 heavy (non-hydrogen) atoms. The van der Waals surface area contributed by atoms with Crippen molar-refractivity contribution >= 4 is 28.1 Å². The predicted octanol–water partition coefficient (Wildman–Crippen LogP) is 5.19. The van der Waals surface area contributed by atoms with Crippen LogP contribution in [0.25, 0.3) is 0 Å². The van der Waals surface area contributed by atoms with Gasteiger partial charge in [0, 0.05) is 10.0 Å². The van der Waals surface area contributed by atoms with Crippen molar-refractivity contribution in [2.45, 2.75) is 13.5 Å². The Hall–Kier alpha value is -3.12. The third kappa shape index (κ3) is 6.47. The Balaban J connectivity index is 1.49. The molecular formula is C23H21BrN2O3. The summed E-state index contributed by atoms with van der Waals surface area (Å²) in [6.45, 7) is 3.00. The number of amides is 1. The van der Waals surface area contributed by atoms with Gasteiger partial charge < -0.3 is 9.47 Å². The topological polar surface area (TPSA) is 59.9 Å². The van der Waals surface area contributed by atoms with Crippen LogP contribution in [0.1, 0.15) is 28.4 Å². The first-order chi connectivity index (χ1) is 14.1. The molecule has 0 atom stereocenters. The van der Waals surface area contributed by atoms with E-state index >= 15 is 0 Å². The third-order valence-corrected chi connectivity index (χ3v) is 4.53. The Kier molecular flexibility index (Phi) is 7.41. The van der Waals surface area contributed by atoms with Crippen LogP contribution in [0.2, 0.25) is 0 Å². The summed E-state index contributed by atoms with van der Waals surface area (Å²) >= 11 is 3.42. The molecular weight excluding hydrogens is 432 g/mol. The normalized spacial score (nSPS) is 10.7. The molecule has 0 aliphatic carbocycles. The Morgan fingerprint density at radius 2 is 1.55 bits per heavy atom. The summed E-state index contributed by atoms with van der Waals surface area (Å²) < 4.78 is 12.2. The van der Waals surface area contributed by atoms with Crippen LogP contribution in [0.5, 0.6) is 11.5 Å². The number of hydrazone groups is 1. The Morgan fingerprint density at radius 1 is 0.931 bits per heavy atom. The van der Waals surface area contributed by atoms with E-state index in [0.29, 0.717) is 18.8 Å². The van der Waals surface area contributed by atoms with Crippen molar-refractivity contribution in [1.29, 1.82) is 0 Å². The van der Waals surface area contributed by atoms with Crippen molar-refractivity contribution in [3.63, 3.8) is 0 Å². The van der Waals surface area contributed by atoms with Crippen LogP contribution in [0, 0.1) is 0 Å². The highest BCUT2D eigenvalue weighted by Crippen LogP contribution is 2.16. The molecule has 0 aromatic heterocycles. The highest BCUT2D eigenvalue weighted by molar-refractivity contribution is 9.10. The van der Waals surface area contributed by atoms with Gasteiger partial charge in [-0.2, -0.15) is 5.10 Å². The number of carbonyl (C=O) groups excluding carboxylic acids is 1. The van der Waals surface area contributed by atoms with Gasteiger partial charge in [0.05, 0.1) is 12.8 Å². The fourth-order valence-corrected chi connectivity index (χ4v) is 2.76. The maximum Gasteiger partial charge on any atom is 0.271 e. The zero-order valence-electron chi connectivity index (χ0n) is 16.0. The number of hydrogen-bond acceptors (Lipinski definition) is 4. The van der Waals surface area contributed by atoms with Crippen LogP contribution < -0.4 is 14.9 Å². The molecule has 0 fully saturated rings. The lowest BCUT2D eigenvalue weighted by molar-refractivity contribution is 0.0955. The molecule has 3 aromatic rings. The van der Waals surface area contributed by atoms with E-state index in [-0.39, 0.29) is 5.91 Å². The first-order valence-electron chi connectivity index (χ1n) is 9.17. The van der Waals surface area contributed by atoms with E-state index in [1.807, 2.05) is 55.5 Å². The van der Waals surface area contributed by atoms with Gasteiger partial charge in [-0.3, -0.25) is 4.79 Å². The Morgan fingerprint density at radius 3 is 2.21 bits per heavy atom. The first-order valence-corrected chi connectivity index (χ1v) is 9.97. The van der Waals surface area contributed by atoms with E-state index in [1.54, 1.807) is 30.5 Å². The van der Waals surface area contributed by atoms with Gasteiger partial charge in [-0.25, -0.2) is 5.43 Å². The zero-order chi connectivity index (χ0) is 20.5. The van der Waals surface area contributed by atoms with E-state index in [0.717, 1.165) is 27.1 Å². The first kappa shape index (κ1) is 20.6. The summed E-state index contributed by atoms with van der Waals surface area (Å²) in [5, 5.41) is 4.01. The summed E-state index contributed by atoms with van der Waals surface area (Å²) in [4.78, 5) is 12.1. The number of nitrogens with one attached hydrogen (secondary N) is 1. The highest BCUT2D eigenvalue weighted by Gasteiger charge is 2.04. The van der Waals surface area contributed by atoms with Crippen molar-refractivity contribution < 1.29 is 14.3 Å². The number of halogens is 1. The van der Waals surface area contributed by atoms with E-state index in [9.17, 15) is 4.79 Å². The number of rotatable bonds is 8. The number of carbonyl (C=O) groups is 1. The maximum atomic E-state index is 12.1. The van der Waals surface area contributed by atoms with Gasteiger partial charge in [0.25, 0.3) is 5.91 Å². The largest absolute Gasteiger partial charge is 0.494 e. The molecule has 5 nitrogen and oxygen atoms in total. The van der Waals surface area contributed by atoms with Crippen LogP contribution in [-0.2, 0) is 6.61 Å². The standard InChI is InChI=1S/C23H21BrN2O3/c1-2-28-21-13-7-19(8-14-21)23(27)26-25-15-17-5-11-22(12-6-17)29-16-18-3-9-20(24)10-4-18/h3-15H,2,16H2,1H3,(H,26,27)/b25-15-. The molecule has 0 saturated heterocycles. The van der Waals surface area contributed by atoms with E-state index in [2.05, 4.69) is 26.5 Å². The van der Waals surface area contributed by atoms with Crippen LogP contribution in [0.3, 0.4) is 0 Å². The lowest BCUT2D eigenvalue weighted by Gasteiger charge is -2.06. The van der Waals surface area contributed by atoms with Gasteiger partial charge >= 0.3 is 0 Å². The molecule has 0 aliphatic heterocycles. The molecule has 0 heterocycles. The minimum atomic E-state index is -0.279. The molecule has 3 rings (SSSR count). The van der Waals surface area contributed by atoms with Crippen molar-refractivity contribution in [3.8, 4) is 11.5 Å². The average Bonchev–Trinajstić information content (AvgIpc) is 2.75. The van der Waals surface area contributed by atoms with E-state index < -0.39 is 0 Å². The monoisotopic (exact) mass is 452 g/mol. The minimum absolute atomic E-state index is 0.279. The smallest absolute Gasteiger partial charge is 0.271 e. The summed E-state index contributed by atoms with van der Waals surface area (Å²) in [6, 6.07) is 22.4. The highest BCUT2D eigenvalue weighted by atomic mass is 79.9. The predicted molar refractivity (Wildman–Crippen MR) is 118 cm³/mol. The SMILES string of the molecule is CCOc1ccc(C(=O)N/N=C\c2ccc(OCc3ccc(Br)cc3)cc2)cc1. The van der Waals surface area contributed by atoms with Crippen LogP contribution in [0.4, 0.5) is 0 Å². The molecule has 6 heteroatoms. The van der Waals surface area contributed by atoms with Gasteiger partial charge in [-0.15, -0.1) is 0 Å². The van der Waals surface area contributed by atoms with Gasteiger partial charge in [0.15, 0.2) is 0 Å². The van der Waals surface area contributed by atoms with Crippen molar-refractivity contribution in [2.75, 3.05) is 6.61 Å². The number of hydrogen-bond donors (Lipinski definition) is 1. The zero-order valence-corrected chi connectivity index (χ0v) is 17.6. The Labute approximate surface area is 178 Å². The van der Waals surface area contributed by atoms with E-state index in [1.165, 1.54) is 0 Å². The number of ether oxygens (including phenoxy) is 2. The molecule has 1 amide bonds. The molecule has 1 N–H and O–H groups in total. The van der Waals surface area contributed by atoms with Gasteiger partial charge in [0.1, 0.15) is 18.1 Å². The van der Waals surface area contributed by atoms with Gasteiger partial charge in [-0.1, -0.05) is 28.1 Å². The summed E-state index contributed by atoms with van der Waals surface area (Å²) in [7, 11) is 0. The molecule has 148 valence electrons. The van der Waals surface area contributed by atoms with Crippen molar-refractivity contribution in [2.24, 2.45) is 5.10 Å². The minimum Gasteiger partial charge on any atom is -0.494 e. The third-order valence-electron chi connectivity index (χ3n) is 4.01. The lowest BCUT2D eigenvalue weighted by Crippen LogP contribution is -2.17. The molecule has 0 bridgehead atoms. The van der Waals surface area contributed by atoms with Crippen molar-refractivity contribution in [1.82, 2.24) is 5.43 Å². The summed E-state index contributed by atoms with van der Waals surface area (Å²) in [5.41, 5.74) is 4.98. The quantitative estimate of drug-likeness (QED) is 0.377. The van der Waals surface area contributed by atoms with Gasteiger partial charge in [0.2, 0.25) is 0 Å². The van der Waals surface area contributed by atoms with Crippen LogP contribution in [0.15, 0.2) is 82.4 Å². The number of nitrogens with zero attached hydrogens (tertiary/aromatic N) is 1.